The zero-order valence-electron chi connectivity index (χ0n) is 13.2. The molecule has 1 N–H and O–H groups in total. The van der Waals surface area contributed by atoms with Crippen LogP contribution in [0.2, 0.25) is 19.1 Å². The predicted octanol–water partition coefficient (Wildman–Crippen LogP) is 3.48. The van der Waals surface area contributed by atoms with Crippen molar-refractivity contribution in [1.29, 1.82) is 0 Å². The van der Waals surface area contributed by atoms with Crippen LogP contribution in [0.3, 0.4) is 0 Å². The molecule has 0 radical (unpaired) electrons. The number of carboxylic acids is 1. The summed E-state index contributed by atoms with van der Waals surface area (Å²) in [5.74, 6) is -0.579. The lowest BCUT2D eigenvalue weighted by Crippen LogP contribution is -2.43. The van der Waals surface area contributed by atoms with Crippen molar-refractivity contribution in [3.63, 3.8) is 0 Å². The number of benzene rings is 2. The second kappa shape index (κ2) is 6.79. The van der Waals surface area contributed by atoms with E-state index >= 15 is 0 Å². The van der Waals surface area contributed by atoms with Gasteiger partial charge in [-0.05, 0) is 23.7 Å². The van der Waals surface area contributed by atoms with Crippen molar-refractivity contribution in [1.82, 2.24) is 0 Å². The molecule has 0 saturated heterocycles. The van der Waals surface area contributed by atoms with Gasteiger partial charge in [-0.25, -0.2) is 0 Å². The van der Waals surface area contributed by atoms with Gasteiger partial charge < -0.3 is 9.84 Å². The van der Waals surface area contributed by atoms with Gasteiger partial charge in [0.2, 0.25) is 0 Å². The Morgan fingerprint density at radius 1 is 1.14 bits per heavy atom. The molecule has 2 aromatic rings. The maximum atomic E-state index is 11.8. The van der Waals surface area contributed by atoms with Crippen molar-refractivity contribution in [2.24, 2.45) is 0 Å². The Kier molecular flexibility index (Phi) is 5.03. The van der Waals surface area contributed by atoms with Gasteiger partial charge in [0.25, 0.3) is 0 Å². The molecule has 0 aromatic heterocycles. The normalized spacial score (nSPS) is 12.7. The van der Waals surface area contributed by atoms with Crippen LogP contribution in [0.1, 0.15) is 11.5 Å². The van der Waals surface area contributed by atoms with Gasteiger partial charge in [-0.1, -0.05) is 60.7 Å². The van der Waals surface area contributed by atoms with Crippen molar-refractivity contribution in [2.45, 2.75) is 25.1 Å². The zero-order valence-corrected chi connectivity index (χ0v) is 14.2. The van der Waals surface area contributed by atoms with E-state index in [-0.39, 0.29) is 0 Å². The van der Waals surface area contributed by atoms with Gasteiger partial charge in [0.1, 0.15) is 5.75 Å². The maximum Gasteiger partial charge on any atom is 0.310 e. The standard InChI is InChI=1S/C18H22O3Si/c1-21-15-9-7-8-14(12-15)17(18(19)20)13-22(2,3)16-10-5-4-6-11-16/h4-12,17H,13H2,1-3H3,(H,19,20). The van der Waals surface area contributed by atoms with Crippen LogP contribution in [-0.4, -0.2) is 26.3 Å². The molecule has 0 spiro atoms. The van der Waals surface area contributed by atoms with E-state index in [2.05, 4.69) is 25.2 Å². The lowest BCUT2D eigenvalue weighted by Gasteiger charge is -2.27. The van der Waals surface area contributed by atoms with Crippen LogP contribution >= 0.6 is 0 Å². The summed E-state index contributed by atoms with van der Waals surface area (Å²) in [6, 6.07) is 18.3. The SMILES string of the molecule is COc1cccc(C(C[Si](C)(C)c2ccccc2)C(=O)O)c1. The highest BCUT2D eigenvalue weighted by Crippen LogP contribution is 2.29. The minimum atomic E-state index is -1.84. The molecule has 22 heavy (non-hydrogen) atoms. The number of methoxy groups -OCH3 is 1. The summed E-state index contributed by atoms with van der Waals surface area (Å²) in [5.41, 5.74) is 0.809. The Labute approximate surface area is 132 Å². The molecule has 1 unspecified atom stereocenters. The van der Waals surface area contributed by atoms with Gasteiger partial charge in [-0.3, -0.25) is 4.79 Å². The van der Waals surface area contributed by atoms with E-state index in [1.807, 2.05) is 42.5 Å². The number of aliphatic carboxylic acids is 1. The molecule has 0 aliphatic carbocycles. The fraction of sp³-hybridized carbons (Fsp3) is 0.278. The highest BCUT2D eigenvalue weighted by atomic mass is 28.3. The molecule has 0 aliphatic heterocycles. The number of hydrogen-bond donors (Lipinski definition) is 1. The number of carbonyl (C=O) groups is 1. The monoisotopic (exact) mass is 314 g/mol. The molecule has 0 heterocycles. The summed E-state index contributed by atoms with van der Waals surface area (Å²) in [4.78, 5) is 11.8. The van der Waals surface area contributed by atoms with E-state index in [0.717, 1.165) is 5.56 Å². The first kappa shape index (κ1) is 16.3. The van der Waals surface area contributed by atoms with Gasteiger partial charge in [0.15, 0.2) is 0 Å². The Morgan fingerprint density at radius 3 is 2.41 bits per heavy atom. The van der Waals surface area contributed by atoms with Gasteiger partial charge >= 0.3 is 5.97 Å². The number of ether oxygens (including phenoxy) is 1. The van der Waals surface area contributed by atoms with Gasteiger partial charge in [-0.15, -0.1) is 0 Å². The van der Waals surface area contributed by atoms with E-state index in [4.69, 9.17) is 4.74 Å². The maximum absolute atomic E-state index is 11.8. The highest BCUT2D eigenvalue weighted by Gasteiger charge is 2.32. The topological polar surface area (TPSA) is 46.5 Å². The fourth-order valence-corrected chi connectivity index (χ4v) is 5.48. The second-order valence-corrected chi connectivity index (χ2v) is 10.9. The number of hydrogen-bond acceptors (Lipinski definition) is 2. The van der Waals surface area contributed by atoms with E-state index in [1.54, 1.807) is 7.11 Å². The lowest BCUT2D eigenvalue weighted by molar-refractivity contribution is -0.138. The molecule has 1 atom stereocenters. The molecule has 0 saturated carbocycles. The van der Waals surface area contributed by atoms with Gasteiger partial charge in [0, 0.05) is 0 Å². The van der Waals surface area contributed by atoms with Crippen molar-refractivity contribution in [3.8, 4) is 5.75 Å². The third kappa shape index (κ3) is 3.77. The van der Waals surface area contributed by atoms with Crippen LogP contribution in [0.15, 0.2) is 54.6 Å². The van der Waals surface area contributed by atoms with E-state index in [1.165, 1.54) is 5.19 Å². The van der Waals surface area contributed by atoms with Gasteiger partial charge in [0.05, 0.1) is 21.1 Å². The van der Waals surface area contributed by atoms with Crippen LogP contribution < -0.4 is 9.92 Å². The summed E-state index contributed by atoms with van der Waals surface area (Å²) in [6.07, 6.45) is 0. The summed E-state index contributed by atoms with van der Waals surface area (Å²) in [7, 11) is -0.243. The number of rotatable bonds is 6. The zero-order chi connectivity index (χ0) is 16.2. The lowest BCUT2D eigenvalue weighted by atomic mass is 10.0. The third-order valence-corrected chi connectivity index (χ3v) is 7.39. The molecular formula is C18H22O3Si. The summed E-state index contributed by atoms with van der Waals surface area (Å²) < 4.78 is 5.22. The smallest absolute Gasteiger partial charge is 0.310 e. The Hall–Kier alpha value is -2.07. The first-order valence-corrected chi connectivity index (χ1v) is 10.6. The largest absolute Gasteiger partial charge is 0.497 e. The van der Waals surface area contributed by atoms with Crippen LogP contribution in [-0.2, 0) is 4.79 Å². The minimum Gasteiger partial charge on any atom is -0.497 e. The number of carboxylic acid groups (broad SMARTS) is 1. The quantitative estimate of drug-likeness (QED) is 0.830. The van der Waals surface area contributed by atoms with E-state index < -0.39 is 20.0 Å². The molecule has 0 bridgehead atoms. The molecule has 4 heteroatoms. The van der Waals surface area contributed by atoms with E-state index in [9.17, 15) is 9.90 Å². The second-order valence-electron chi connectivity index (χ2n) is 6.12. The molecular weight excluding hydrogens is 292 g/mol. The van der Waals surface area contributed by atoms with Crippen LogP contribution in [0.4, 0.5) is 0 Å². The molecule has 0 fully saturated rings. The Bertz CT molecular complexity index is 638. The summed E-state index contributed by atoms with van der Waals surface area (Å²) >= 11 is 0. The first-order valence-electron chi connectivity index (χ1n) is 7.36. The van der Waals surface area contributed by atoms with Crippen molar-refractivity contribution >= 4 is 19.2 Å². The minimum absolute atomic E-state index is 0.503. The first-order chi connectivity index (χ1) is 10.4. The highest BCUT2D eigenvalue weighted by molar-refractivity contribution is 6.90. The molecule has 3 nitrogen and oxygen atoms in total. The van der Waals surface area contributed by atoms with Crippen molar-refractivity contribution in [3.05, 3.63) is 60.2 Å². The van der Waals surface area contributed by atoms with Crippen LogP contribution in [0.25, 0.3) is 0 Å². The molecule has 0 amide bonds. The molecule has 2 aromatic carbocycles. The molecule has 2 rings (SSSR count). The molecule has 116 valence electrons. The van der Waals surface area contributed by atoms with Crippen LogP contribution in [0.5, 0.6) is 5.75 Å². The third-order valence-electron chi connectivity index (χ3n) is 4.06. The van der Waals surface area contributed by atoms with E-state index in [0.29, 0.717) is 11.8 Å². The predicted molar refractivity (Wildman–Crippen MR) is 91.7 cm³/mol. The summed E-state index contributed by atoms with van der Waals surface area (Å²) in [5, 5.41) is 11.0. The Balaban J connectivity index is 2.31. The summed E-state index contributed by atoms with van der Waals surface area (Å²) in [6.45, 7) is 4.44. The Morgan fingerprint density at radius 2 is 1.82 bits per heavy atom. The molecule has 0 aliphatic rings. The van der Waals surface area contributed by atoms with Crippen molar-refractivity contribution < 1.29 is 14.6 Å². The van der Waals surface area contributed by atoms with Gasteiger partial charge in [-0.2, -0.15) is 0 Å². The fourth-order valence-electron chi connectivity index (χ4n) is 2.72. The average molecular weight is 314 g/mol. The van der Waals surface area contributed by atoms with Crippen molar-refractivity contribution in [2.75, 3.05) is 7.11 Å². The average Bonchev–Trinajstić information content (AvgIpc) is 2.53. The van der Waals surface area contributed by atoms with Crippen LogP contribution in [0, 0.1) is 0 Å².